The van der Waals surface area contributed by atoms with E-state index < -0.39 is 0 Å². The second-order valence-corrected chi connectivity index (χ2v) is 8.97. The van der Waals surface area contributed by atoms with E-state index in [9.17, 15) is 9.59 Å². The van der Waals surface area contributed by atoms with Gasteiger partial charge in [0.2, 0.25) is 5.91 Å². The molecule has 0 fully saturated rings. The highest BCUT2D eigenvalue weighted by Crippen LogP contribution is 2.46. The van der Waals surface area contributed by atoms with Crippen molar-refractivity contribution in [3.8, 4) is 0 Å². The first-order valence-corrected chi connectivity index (χ1v) is 9.89. The molecule has 1 aliphatic rings. The second-order valence-electron chi connectivity index (χ2n) is 8.97. The van der Waals surface area contributed by atoms with E-state index in [-0.39, 0.29) is 35.6 Å². The maximum Gasteiger partial charge on any atom is 0.241 e. The molecular weight excluding hydrogens is 348 g/mol. The minimum atomic E-state index is -0.253. The van der Waals surface area contributed by atoms with Gasteiger partial charge in [-0.25, -0.2) is 0 Å². The van der Waals surface area contributed by atoms with Gasteiger partial charge in [-0.05, 0) is 46.9 Å². The number of nitrogens with zero attached hydrogens (tertiary/aromatic N) is 1. The van der Waals surface area contributed by atoms with Crippen LogP contribution in [0.3, 0.4) is 0 Å². The monoisotopic (exact) mass is 378 g/mol. The topological polar surface area (TPSA) is 63.4 Å². The highest BCUT2D eigenvalue weighted by Gasteiger charge is 2.37. The number of Topliss-reactive ketones (excluding diaryl/α,β-unsaturated/α-hetero) is 1. The van der Waals surface area contributed by atoms with Gasteiger partial charge in [0.15, 0.2) is 5.78 Å². The molecule has 0 aromatic heterocycles. The van der Waals surface area contributed by atoms with Gasteiger partial charge < -0.3 is 10.6 Å². The number of ketones is 1. The molecule has 28 heavy (non-hydrogen) atoms. The van der Waals surface area contributed by atoms with Crippen molar-refractivity contribution in [1.29, 1.82) is 0 Å². The molecule has 2 N–H and O–H groups in total. The van der Waals surface area contributed by atoms with Crippen molar-refractivity contribution in [2.24, 2.45) is 5.73 Å². The zero-order valence-corrected chi connectivity index (χ0v) is 17.3. The Morgan fingerprint density at radius 1 is 0.929 bits per heavy atom. The van der Waals surface area contributed by atoms with Crippen LogP contribution in [-0.2, 0) is 15.6 Å². The molecule has 0 aliphatic heterocycles. The number of hydrogen-bond donors (Lipinski definition) is 1. The lowest BCUT2D eigenvalue weighted by atomic mass is 9.63. The molecule has 1 amide bonds. The van der Waals surface area contributed by atoms with Crippen LogP contribution in [0.1, 0.15) is 62.0 Å². The number of rotatable bonds is 5. The van der Waals surface area contributed by atoms with Crippen LogP contribution in [0.5, 0.6) is 0 Å². The van der Waals surface area contributed by atoms with E-state index in [0.29, 0.717) is 5.56 Å². The number of anilines is 1. The third-order valence-corrected chi connectivity index (χ3v) is 6.02. The lowest BCUT2D eigenvalue weighted by Gasteiger charge is -2.42. The van der Waals surface area contributed by atoms with Crippen molar-refractivity contribution in [3.05, 3.63) is 65.2 Å². The minimum absolute atomic E-state index is 0.0113. The van der Waals surface area contributed by atoms with Crippen LogP contribution in [0.15, 0.2) is 48.5 Å². The Morgan fingerprint density at radius 2 is 1.54 bits per heavy atom. The molecular formula is C24H30N2O2. The maximum absolute atomic E-state index is 12.7. The van der Waals surface area contributed by atoms with Gasteiger partial charge in [0, 0.05) is 11.3 Å². The Hall–Kier alpha value is -2.46. The number of carbonyl (C=O) groups excluding carboxylic acids is 2. The number of amides is 1. The average molecular weight is 379 g/mol. The molecule has 0 unspecified atom stereocenters. The molecule has 1 aliphatic carbocycles. The minimum Gasteiger partial charge on any atom is -0.322 e. The van der Waals surface area contributed by atoms with Gasteiger partial charge in [-0.2, -0.15) is 0 Å². The summed E-state index contributed by atoms with van der Waals surface area (Å²) < 4.78 is 0. The lowest BCUT2D eigenvalue weighted by molar-refractivity contribution is -0.117. The average Bonchev–Trinajstić information content (AvgIpc) is 2.69. The molecule has 0 saturated heterocycles. The van der Waals surface area contributed by atoms with Crippen LogP contribution in [0.2, 0.25) is 0 Å². The number of carbonyl (C=O) groups is 2. The predicted molar refractivity (Wildman–Crippen MR) is 114 cm³/mol. The van der Waals surface area contributed by atoms with Crippen LogP contribution in [0.25, 0.3) is 0 Å². The SMILES string of the molecule is CC1(C)CCC(C)(C)c2cc(N(CC(=O)c3ccccc3)C(=O)CN)ccc21. The normalized spacial score (nSPS) is 16.9. The van der Waals surface area contributed by atoms with Crippen molar-refractivity contribution < 1.29 is 9.59 Å². The summed E-state index contributed by atoms with van der Waals surface area (Å²) >= 11 is 0. The van der Waals surface area contributed by atoms with Gasteiger partial charge in [-0.1, -0.05) is 64.1 Å². The van der Waals surface area contributed by atoms with E-state index in [1.807, 2.05) is 24.3 Å². The summed E-state index contributed by atoms with van der Waals surface area (Å²) in [6.07, 6.45) is 2.22. The zero-order valence-electron chi connectivity index (χ0n) is 17.3. The molecule has 0 atom stereocenters. The van der Waals surface area contributed by atoms with Gasteiger partial charge in [-0.15, -0.1) is 0 Å². The molecule has 0 spiro atoms. The van der Waals surface area contributed by atoms with Crippen LogP contribution < -0.4 is 10.6 Å². The van der Waals surface area contributed by atoms with Crippen molar-refractivity contribution in [2.75, 3.05) is 18.0 Å². The zero-order chi connectivity index (χ0) is 20.5. The standard InChI is InChI=1S/C24H30N2O2/c1-23(2)12-13-24(3,4)20-14-18(10-11-19(20)23)26(22(28)15-25)16-21(27)17-8-6-5-7-9-17/h5-11,14H,12-13,15-16,25H2,1-4H3. The summed E-state index contributed by atoms with van der Waals surface area (Å²) in [4.78, 5) is 26.8. The molecule has 4 heteroatoms. The molecule has 0 saturated carbocycles. The molecule has 4 nitrogen and oxygen atoms in total. The summed E-state index contributed by atoms with van der Waals surface area (Å²) in [5, 5.41) is 0. The first-order valence-electron chi connectivity index (χ1n) is 9.89. The number of hydrogen-bond acceptors (Lipinski definition) is 3. The Morgan fingerprint density at radius 3 is 2.14 bits per heavy atom. The predicted octanol–water partition coefficient (Wildman–Crippen LogP) is 4.21. The molecule has 0 heterocycles. The van der Waals surface area contributed by atoms with Gasteiger partial charge in [-0.3, -0.25) is 9.59 Å². The van der Waals surface area contributed by atoms with E-state index >= 15 is 0 Å². The first kappa shape index (κ1) is 20.3. The summed E-state index contributed by atoms with van der Waals surface area (Å²) in [5.41, 5.74) is 9.70. The Kier molecular flexibility index (Phi) is 5.44. The first-order chi connectivity index (χ1) is 13.2. The Balaban J connectivity index is 2.00. The second kappa shape index (κ2) is 7.51. The lowest BCUT2D eigenvalue weighted by Crippen LogP contribution is -2.40. The van der Waals surface area contributed by atoms with E-state index in [1.165, 1.54) is 16.0 Å². The van der Waals surface area contributed by atoms with Crippen molar-refractivity contribution in [3.63, 3.8) is 0 Å². The number of benzene rings is 2. The van der Waals surface area contributed by atoms with Crippen molar-refractivity contribution >= 4 is 17.4 Å². The maximum atomic E-state index is 12.7. The highest BCUT2D eigenvalue weighted by molar-refractivity contribution is 6.06. The van der Waals surface area contributed by atoms with Crippen molar-refractivity contribution in [1.82, 2.24) is 0 Å². The third kappa shape index (κ3) is 3.88. The summed E-state index contributed by atoms with van der Waals surface area (Å²) in [6.45, 7) is 8.88. The molecule has 0 bridgehead atoms. The third-order valence-electron chi connectivity index (χ3n) is 6.02. The van der Waals surface area contributed by atoms with Gasteiger partial charge in [0.05, 0.1) is 13.1 Å². The Labute approximate surface area is 167 Å². The van der Waals surface area contributed by atoms with Crippen LogP contribution in [0.4, 0.5) is 5.69 Å². The van der Waals surface area contributed by atoms with Gasteiger partial charge in [0.1, 0.15) is 0 Å². The van der Waals surface area contributed by atoms with Gasteiger partial charge >= 0.3 is 0 Å². The summed E-state index contributed by atoms with van der Waals surface area (Å²) in [6, 6.07) is 15.2. The van der Waals surface area contributed by atoms with Crippen LogP contribution in [0, 0.1) is 0 Å². The number of nitrogens with two attached hydrogens (primary N) is 1. The molecule has 148 valence electrons. The molecule has 3 rings (SSSR count). The smallest absolute Gasteiger partial charge is 0.241 e. The van der Waals surface area contributed by atoms with E-state index in [1.54, 1.807) is 12.1 Å². The largest absolute Gasteiger partial charge is 0.322 e. The fourth-order valence-corrected chi connectivity index (χ4v) is 4.04. The van der Waals surface area contributed by atoms with E-state index in [4.69, 9.17) is 5.73 Å². The fraction of sp³-hybridized carbons (Fsp3) is 0.417. The molecule has 2 aromatic rings. The van der Waals surface area contributed by atoms with Crippen LogP contribution >= 0.6 is 0 Å². The Bertz CT molecular complexity index is 885. The van der Waals surface area contributed by atoms with Crippen molar-refractivity contribution in [2.45, 2.75) is 51.4 Å². The quantitative estimate of drug-likeness (QED) is 0.793. The molecule has 2 aromatic carbocycles. The molecule has 0 radical (unpaired) electrons. The summed E-state index contributed by atoms with van der Waals surface area (Å²) in [7, 11) is 0. The summed E-state index contributed by atoms with van der Waals surface area (Å²) in [5.74, 6) is -0.350. The number of fused-ring (bicyclic) bond motifs is 1. The fourth-order valence-electron chi connectivity index (χ4n) is 4.04. The van der Waals surface area contributed by atoms with E-state index in [2.05, 4.69) is 39.8 Å². The van der Waals surface area contributed by atoms with E-state index in [0.717, 1.165) is 18.5 Å². The highest BCUT2D eigenvalue weighted by atomic mass is 16.2. The van der Waals surface area contributed by atoms with Gasteiger partial charge in [0.25, 0.3) is 0 Å². The van der Waals surface area contributed by atoms with Crippen LogP contribution in [-0.4, -0.2) is 24.8 Å².